The van der Waals surface area contributed by atoms with E-state index in [-0.39, 0.29) is 18.1 Å². The number of rotatable bonds is 4. The summed E-state index contributed by atoms with van der Waals surface area (Å²) in [6, 6.07) is 3.77. The van der Waals surface area contributed by atoms with E-state index in [2.05, 4.69) is 10.6 Å². The van der Waals surface area contributed by atoms with Gasteiger partial charge in [0.15, 0.2) is 0 Å². The van der Waals surface area contributed by atoms with Gasteiger partial charge in [-0.3, -0.25) is 4.79 Å². The Labute approximate surface area is 125 Å². The molecule has 2 aliphatic heterocycles. The summed E-state index contributed by atoms with van der Waals surface area (Å²) < 4.78 is 11.4. The molecule has 0 aromatic heterocycles. The molecular formula is C16H22N2O3. The average Bonchev–Trinajstić information content (AvgIpc) is 3.07. The van der Waals surface area contributed by atoms with Gasteiger partial charge in [0, 0.05) is 18.1 Å². The molecule has 0 spiro atoms. The second-order valence-electron chi connectivity index (χ2n) is 5.66. The van der Waals surface area contributed by atoms with E-state index < -0.39 is 0 Å². The van der Waals surface area contributed by atoms with Crippen molar-refractivity contribution in [2.24, 2.45) is 0 Å². The number of hydrogen-bond acceptors (Lipinski definition) is 4. The smallest absolute Gasteiger partial charge is 0.241 e. The fourth-order valence-corrected chi connectivity index (χ4v) is 2.94. The number of benzene rings is 1. The third kappa shape index (κ3) is 2.97. The van der Waals surface area contributed by atoms with Gasteiger partial charge in [0.25, 0.3) is 0 Å². The van der Waals surface area contributed by atoms with Crippen molar-refractivity contribution in [2.45, 2.75) is 45.3 Å². The van der Waals surface area contributed by atoms with Crippen LogP contribution >= 0.6 is 0 Å². The Balaban J connectivity index is 1.82. The number of ether oxygens (including phenoxy) is 2. The highest BCUT2D eigenvalue weighted by Gasteiger charge is 2.25. The van der Waals surface area contributed by atoms with Crippen LogP contribution in [0.4, 0.5) is 5.69 Å². The molecule has 3 rings (SSSR count). The lowest BCUT2D eigenvalue weighted by molar-refractivity contribution is -0.117. The van der Waals surface area contributed by atoms with Crippen molar-refractivity contribution in [3.63, 3.8) is 0 Å². The van der Waals surface area contributed by atoms with E-state index in [1.54, 1.807) is 0 Å². The van der Waals surface area contributed by atoms with E-state index in [1.165, 1.54) is 0 Å². The fraction of sp³-hybridized carbons (Fsp3) is 0.562. The zero-order chi connectivity index (χ0) is 14.8. The number of hydrogen-bond donors (Lipinski definition) is 2. The van der Waals surface area contributed by atoms with Crippen LogP contribution < -0.4 is 20.1 Å². The van der Waals surface area contributed by atoms with Gasteiger partial charge in [-0.2, -0.15) is 0 Å². The molecular weight excluding hydrogens is 268 g/mol. The molecule has 2 aliphatic rings. The summed E-state index contributed by atoms with van der Waals surface area (Å²) in [4.78, 5) is 12.3. The largest absolute Gasteiger partial charge is 0.492 e. The van der Waals surface area contributed by atoms with E-state index in [0.717, 1.165) is 42.9 Å². The van der Waals surface area contributed by atoms with E-state index in [4.69, 9.17) is 9.47 Å². The molecule has 5 nitrogen and oxygen atoms in total. The molecule has 1 saturated heterocycles. The first-order chi connectivity index (χ1) is 10.2. The number of amides is 1. The first-order valence-corrected chi connectivity index (χ1v) is 7.68. The highest BCUT2D eigenvalue weighted by atomic mass is 16.5. The number of nitrogens with one attached hydrogen (secondary N) is 2. The Morgan fingerprint density at radius 2 is 2.38 bits per heavy atom. The van der Waals surface area contributed by atoms with Crippen molar-refractivity contribution in [1.82, 2.24) is 5.32 Å². The highest BCUT2D eigenvalue weighted by molar-refractivity contribution is 5.96. The van der Waals surface area contributed by atoms with Gasteiger partial charge >= 0.3 is 0 Å². The molecule has 1 fully saturated rings. The summed E-state index contributed by atoms with van der Waals surface area (Å²) in [6.07, 6.45) is 2.99. The van der Waals surface area contributed by atoms with Gasteiger partial charge < -0.3 is 20.1 Å². The van der Waals surface area contributed by atoms with E-state index in [9.17, 15) is 4.79 Å². The summed E-state index contributed by atoms with van der Waals surface area (Å²) in [5.41, 5.74) is 1.84. The van der Waals surface area contributed by atoms with Crippen LogP contribution in [-0.2, 0) is 11.2 Å². The molecule has 0 saturated carbocycles. The summed E-state index contributed by atoms with van der Waals surface area (Å²) in [5, 5.41) is 6.18. The van der Waals surface area contributed by atoms with Gasteiger partial charge in [-0.05, 0) is 39.3 Å². The number of anilines is 1. The fourth-order valence-electron chi connectivity index (χ4n) is 2.94. The maximum absolute atomic E-state index is 12.3. The normalized spacial score (nSPS) is 23.5. The van der Waals surface area contributed by atoms with Crippen molar-refractivity contribution in [3.05, 3.63) is 17.7 Å². The van der Waals surface area contributed by atoms with Gasteiger partial charge in [0.2, 0.25) is 5.91 Å². The van der Waals surface area contributed by atoms with Crippen molar-refractivity contribution >= 4 is 11.6 Å². The molecule has 5 heteroatoms. The van der Waals surface area contributed by atoms with Crippen LogP contribution in [0.25, 0.3) is 0 Å². The van der Waals surface area contributed by atoms with Crippen LogP contribution in [0.2, 0.25) is 0 Å². The van der Waals surface area contributed by atoms with E-state index >= 15 is 0 Å². The van der Waals surface area contributed by atoms with Crippen LogP contribution in [0.5, 0.6) is 11.5 Å². The Kier molecular flexibility index (Phi) is 4.01. The van der Waals surface area contributed by atoms with Crippen molar-refractivity contribution in [2.75, 3.05) is 18.5 Å². The highest BCUT2D eigenvalue weighted by Crippen LogP contribution is 2.38. The first-order valence-electron chi connectivity index (χ1n) is 7.68. The monoisotopic (exact) mass is 290 g/mol. The third-order valence-corrected chi connectivity index (χ3v) is 3.93. The molecule has 21 heavy (non-hydrogen) atoms. The quantitative estimate of drug-likeness (QED) is 0.891. The lowest BCUT2D eigenvalue weighted by Crippen LogP contribution is -2.35. The van der Waals surface area contributed by atoms with Crippen molar-refractivity contribution in [1.29, 1.82) is 0 Å². The maximum atomic E-state index is 12.3. The summed E-state index contributed by atoms with van der Waals surface area (Å²) in [5.74, 6) is 1.57. The van der Waals surface area contributed by atoms with E-state index in [0.29, 0.717) is 12.3 Å². The van der Waals surface area contributed by atoms with Gasteiger partial charge in [-0.15, -0.1) is 0 Å². The minimum Gasteiger partial charge on any atom is -0.492 e. The molecule has 1 aromatic rings. The minimum atomic E-state index is -0.104. The molecule has 1 unspecified atom stereocenters. The minimum absolute atomic E-state index is 0.000511. The molecule has 1 aromatic carbocycles. The predicted molar refractivity (Wildman–Crippen MR) is 81.1 cm³/mol. The molecule has 114 valence electrons. The Hall–Kier alpha value is -1.75. The van der Waals surface area contributed by atoms with Gasteiger partial charge in [0.1, 0.15) is 17.6 Å². The second-order valence-corrected chi connectivity index (χ2v) is 5.66. The second kappa shape index (κ2) is 5.93. The standard InChI is InChI=1S/C16H22N2O3/c1-3-20-15-8-11-7-10(2)21-14(11)9-13(15)18-16(19)12-5-4-6-17-12/h8-10,12,17H,3-7H2,1-2H3,(H,18,19)/t10?,12-/m1/s1. The molecule has 0 radical (unpaired) electrons. The van der Waals surface area contributed by atoms with Crippen LogP contribution in [0.3, 0.4) is 0 Å². The average molecular weight is 290 g/mol. The lowest BCUT2D eigenvalue weighted by atomic mass is 10.1. The summed E-state index contributed by atoms with van der Waals surface area (Å²) in [6.45, 7) is 5.46. The topological polar surface area (TPSA) is 59.6 Å². The molecule has 2 N–H and O–H groups in total. The zero-order valence-electron chi connectivity index (χ0n) is 12.6. The third-order valence-electron chi connectivity index (χ3n) is 3.93. The molecule has 1 amide bonds. The number of carbonyl (C=O) groups excluding carboxylic acids is 1. The molecule has 2 heterocycles. The Morgan fingerprint density at radius 1 is 1.52 bits per heavy atom. The van der Waals surface area contributed by atoms with Crippen LogP contribution in [0.15, 0.2) is 12.1 Å². The molecule has 0 aliphatic carbocycles. The van der Waals surface area contributed by atoms with Gasteiger partial charge in [-0.25, -0.2) is 0 Å². The lowest BCUT2D eigenvalue weighted by Gasteiger charge is -2.16. The Morgan fingerprint density at radius 3 is 3.10 bits per heavy atom. The van der Waals surface area contributed by atoms with Crippen LogP contribution in [0, 0.1) is 0 Å². The van der Waals surface area contributed by atoms with Gasteiger partial charge in [-0.1, -0.05) is 0 Å². The molecule has 2 atom stereocenters. The Bertz CT molecular complexity index is 539. The zero-order valence-corrected chi connectivity index (χ0v) is 12.6. The van der Waals surface area contributed by atoms with Gasteiger partial charge in [0.05, 0.1) is 18.3 Å². The first kappa shape index (κ1) is 14.2. The number of fused-ring (bicyclic) bond motifs is 1. The van der Waals surface area contributed by atoms with Crippen LogP contribution in [-0.4, -0.2) is 31.2 Å². The van der Waals surface area contributed by atoms with Crippen LogP contribution in [0.1, 0.15) is 32.3 Å². The number of carbonyl (C=O) groups is 1. The summed E-state index contributed by atoms with van der Waals surface area (Å²) >= 11 is 0. The molecule has 0 bridgehead atoms. The maximum Gasteiger partial charge on any atom is 0.241 e. The SMILES string of the molecule is CCOc1cc2c(cc1NC(=O)[C@H]1CCCN1)OC(C)C2. The van der Waals surface area contributed by atoms with Crippen molar-refractivity contribution < 1.29 is 14.3 Å². The van der Waals surface area contributed by atoms with E-state index in [1.807, 2.05) is 26.0 Å². The van der Waals surface area contributed by atoms with Crippen molar-refractivity contribution in [3.8, 4) is 11.5 Å². The predicted octanol–water partition coefficient (Wildman–Crippen LogP) is 2.10. The summed E-state index contributed by atoms with van der Waals surface area (Å²) in [7, 11) is 0.